The van der Waals surface area contributed by atoms with E-state index in [1.165, 1.54) is 18.2 Å². The average Bonchev–Trinajstić information content (AvgIpc) is 3.41. The van der Waals surface area contributed by atoms with Crippen molar-refractivity contribution in [2.75, 3.05) is 13.1 Å². The number of carbonyl (C=O) groups is 1. The average molecular weight is 546 g/mol. The lowest BCUT2D eigenvalue weighted by molar-refractivity contribution is -0.385. The molecule has 10 heteroatoms. The number of carbonyl (C=O) groups excluding carboxylic acids is 1. The van der Waals surface area contributed by atoms with Gasteiger partial charge in [0.15, 0.2) is 0 Å². The molecule has 0 aromatic heterocycles. The molecule has 1 saturated heterocycles. The van der Waals surface area contributed by atoms with Gasteiger partial charge >= 0.3 is 6.09 Å². The lowest BCUT2D eigenvalue weighted by atomic mass is 9.97. The zero-order valence-corrected chi connectivity index (χ0v) is 21.6. The smallest absolute Gasteiger partial charge is 0.410 e. The fourth-order valence-electron chi connectivity index (χ4n) is 4.83. The van der Waals surface area contributed by atoms with Gasteiger partial charge in [0.25, 0.3) is 5.69 Å². The molecule has 3 atom stereocenters. The van der Waals surface area contributed by atoms with Crippen LogP contribution in [0.1, 0.15) is 28.4 Å². The van der Waals surface area contributed by atoms with Crippen molar-refractivity contribution in [1.82, 2.24) is 4.90 Å². The number of ether oxygens (including phenoxy) is 2. The number of nitro benzene ring substituents is 1. The quantitative estimate of drug-likeness (QED) is 0.163. The van der Waals surface area contributed by atoms with Crippen molar-refractivity contribution in [3.05, 3.63) is 118 Å². The molecule has 0 bridgehead atoms. The predicted octanol–water partition coefficient (Wildman–Crippen LogP) is 5.51. The summed E-state index contributed by atoms with van der Waals surface area (Å²) in [6, 6.07) is 26.0. The molecular weight excluding hydrogens is 520 g/mol. The highest BCUT2D eigenvalue weighted by Gasteiger charge is 2.31. The molecule has 0 spiro atoms. The highest BCUT2D eigenvalue weighted by atomic mass is 32.2. The van der Waals surface area contributed by atoms with Crippen molar-refractivity contribution < 1.29 is 28.0 Å². The normalized spacial score (nSPS) is 16.5. The molecule has 200 valence electrons. The molecule has 1 amide bonds. The molecule has 3 unspecified atom stereocenters. The minimum atomic E-state index is -2.71. The fourth-order valence-corrected chi connectivity index (χ4v) is 5.64. The molecule has 4 aromatic carbocycles. The summed E-state index contributed by atoms with van der Waals surface area (Å²) in [6.45, 7) is 0.872. The highest BCUT2D eigenvalue weighted by Crippen LogP contribution is 2.39. The topological polar surface area (TPSA) is 122 Å². The second-order valence-corrected chi connectivity index (χ2v) is 10.2. The van der Waals surface area contributed by atoms with Crippen LogP contribution in [0.2, 0.25) is 0 Å². The third kappa shape index (κ3) is 5.92. The Kier molecular flexibility index (Phi) is 7.85. The van der Waals surface area contributed by atoms with Crippen LogP contribution in [0.5, 0.6) is 5.75 Å². The van der Waals surface area contributed by atoms with Gasteiger partial charge in [0.1, 0.15) is 18.5 Å². The second-order valence-electron chi connectivity index (χ2n) is 9.20. The van der Waals surface area contributed by atoms with Gasteiger partial charge in [0.2, 0.25) is 0 Å². The summed E-state index contributed by atoms with van der Waals surface area (Å²) >= 11 is -2.71. The van der Waals surface area contributed by atoms with Crippen LogP contribution in [0.3, 0.4) is 0 Å². The monoisotopic (exact) mass is 545 g/mol. The van der Waals surface area contributed by atoms with Crippen LogP contribution in [-0.2, 0) is 22.4 Å². The summed E-state index contributed by atoms with van der Waals surface area (Å²) in [6.07, 6.45) is -0.294. The summed E-state index contributed by atoms with van der Waals surface area (Å²) in [4.78, 5) is 25.4. The third-order valence-electron chi connectivity index (χ3n) is 6.69. The standard InChI is InChI=1S/C29H26N2O7S/c32-29(37-19-20-7-2-1-3-8-20)30-16-15-23(18-30)38-22-13-14-27(31(33)34)26(17-22)28(39(35)36)25-12-6-10-21-9-4-5-11-24(21)25/h1-14,17,23,28H,15-16,18-19H2,(H,35,36)/p-1. The third-order valence-corrected chi connectivity index (χ3v) is 7.58. The minimum Gasteiger partial charge on any atom is -0.772 e. The van der Waals surface area contributed by atoms with Gasteiger partial charge in [0, 0.05) is 19.0 Å². The molecule has 0 radical (unpaired) electrons. The van der Waals surface area contributed by atoms with E-state index in [0.717, 1.165) is 10.9 Å². The first kappa shape index (κ1) is 26.3. The van der Waals surface area contributed by atoms with E-state index in [-0.39, 0.29) is 36.3 Å². The van der Waals surface area contributed by atoms with Crippen molar-refractivity contribution in [2.24, 2.45) is 0 Å². The number of amides is 1. The van der Waals surface area contributed by atoms with Gasteiger partial charge in [0.05, 0.1) is 22.3 Å². The first-order chi connectivity index (χ1) is 18.9. The maximum Gasteiger partial charge on any atom is 0.410 e. The fraction of sp³-hybridized carbons (Fsp3) is 0.207. The Morgan fingerprint density at radius 3 is 2.51 bits per heavy atom. The van der Waals surface area contributed by atoms with Crippen LogP contribution in [0, 0.1) is 10.1 Å². The van der Waals surface area contributed by atoms with Crippen LogP contribution >= 0.6 is 0 Å². The van der Waals surface area contributed by atoms with E-state index < -0.39 is 27.3 Å². The molecule has 1 heterocycles. The maximum atomic E-state index is 12.5. The van der Waals surface area contributed by atoms with Gasteiger partial charge in [-0.25, -0.2) is 4.79 Å². The van der Waals surface area contributed by atoms with Crippen LogP contribution < -0.4 is 4.74 Å². The predicted molar refractivity (Wildman–Crippen MR) is 145 cm³/mol. The molecule has 1 fully saturated rings. The van der Waals surface area contributed by atoms with Crippen molar-refractivity contribution in [1.29, 1.82) is 0 Å². The van der Waals surface area contributed by atoms with E-state index in [2.05, 4.69) is 0 Å². The molecule has 1 aliphatic rings. The molecule has 5 rings (SSSR count). The van der Waals surface area contributed by atoms with Gasteiger partial charge in [-0.2, -0.15) is 0 Å². The van der Waals surface area contributed by atoms with Gasteiger partial charge in [-0.15, -0.1) is 0 Å². The summed E-state index contributed by atoms with van der Waals surface area (Å²) in [5, 5.41) is 12.1. The van der Waals surface area contributed by atoms with Crippen LogP contribution in [-0.4, -0.2) is 43.9 Å². The van der Waals surface area contributed by atoms with E-state index in [1.54, 1.807) is 29.2 Å². The van der Waals surface area contributed by atoms with Crippen LogP contribution in [0.15, 0.2) is 91.0 Å². The Morgan fingerprint density at radius 1 is 1.00 bits per heavy atom. The maximum absolute atomic E-state index is 12.5. The van der Waals surface area contributed by atoms with Crippen molar-refractivity contribution in [2.45, 2.75) is 24.4 Å². The molecule has 0 aliphatic carbocycles. The number of rotatable bonds is 8. The van der Waals surface area contributed by atoms with Crippen LogP contribution in [0.4, 0.5) is 10.5 Å². The zero-order chi connectivity index (χ0) is 27.4. The molecule has 0 N–H and O–H groups in total. The van der Waals surface area contributed by atoms with Crippen molar-refractivity contribution in [3.63, 3.8) is 0 Å². The number of hydrogen-bond donors (Lipinski definition) is 0. The number of likely N-dealkylation sites (tertiary alicyclic amines) is 1. The highest BCUT2D eigenvalue weighted by molar-refractivity contribution is 7.79. The van der Waals surface area contributed by atoms with Crippen LogP contribution in [0.25, 0.3) is 10.8 Å². The van der Waals surface area contributed by atoms with Crippen molar-refractivity contribution >= 4 is 33.6 Å². The summed E-state index contributed by atoms with van der Waals surface area (Å²) in [5.41, 5.74) is 1.02. The summed E-state index contributed by atoms with van der Waals surface area (Å²) in [5.74, 6) is 0.288. The minimum absolute atomic E-state index is 0.0133. The summed E-state index contributed by atoms with van der Waals surface area (Å²) in [7, 11) is 0. The molecular formula is C29H25N2O7S-. The Hall–Kier alpha value is -4.28. The van der Waals surface area contributed by atoms with Gasteiger partial charge < -0.3 is 18.9 Å². The second kappa shape index (κ2) is 11.6. The van der Waals surface area contributed by atoms with E-state index in [1.807, 2.05) is 48.5 Å². The number of nitro groups is 1. The van der Waals surface area contributed by atoms with E-state index in [9.17, 15) is 23.7 Å². The molecule has 9 nitrogen and oxygen atoms in total. The molecule has 0 saturated carbocycles. The first-order valence-corrected chi connectivity index (χ1v) is 13.5. The molecule has 1 aliphatic heterocycles. The van der Waals surface area contributed by atoms with Gasteiger partial charge in [-0.05, 0) is 45.1 Å². The van der Waals surface area contributed by atoms with Gasteiger partial charge in [-0.1, -0.05) is 72.8 Å². The molecule has 39 heavy (non-hydrogen) atoms. The first-order valence-electron chi connectivity index (χ1n) is 12.4. The Morgan fingerprint density at radius 2 is 1.74 bits per heavy atom. The Labute approximate surface area is 227 Å². The Bertz CT molecular complexity index is 1520. The van der Waals surface area contributed by atoms with Crippen molar-refractivity contribution in [3.8, 4) is 5.75 Å². The molecule has 4 aromatic rings. The Balaban J connectivity index is 1.36. The van der Waals surface area contributed by atoms with E-state index >= 15 is 0 Å². The largest absolute Gasteiger partial charge is 0.772 e. The SMILES string of the molecule is O=C(OCc1ccccc1)N1CCC(Oc2ccc([N+](=O)[O-])c(C(c3cccc4ccccc34)S(=O)[O-])c2)C1. The number of benzene rings is 4. The lowest BCUT2D eigenvalue weighted by Crippen LogP contribution is -2.31. The van der Waals surface area contributed by atoms with E-state index in [4.69, 9.17) is 9.47 Å². The van der Waals surface area contributed by atoms with E-state index in [0.29, 0.717) is 23.9 Å². The number of hydrogen-bond acceptors (Lipinski definition) is 7. The number of fused-ring (bicyclic) bond motifs is 1. The summed E-state index contributed by atoms with van der Waals surface area (Å²) < 4.78 is 36.5. The lowest BCUT2D eigenvalue weighted by Gasteiger charge is -2.23. The number of nitrogens with zero attached hydrogens (tertiary/aromatic N) is 2. The van der Waals surface area contributed by atoms with Gasteiger partial charge in [-0.3, -0.25) is 14.3 Å². The zero-order valence-electron chi connectivity index (χ0n) is 20.8.